The molecule has 24 heavy (non-hydrogen) atoms. The minimum atomic E-state index is -1.37. The summed E-state index contributed by atoms with van der Waals surface area (Å²) in [5.74, 6) is -1.84. The van der Waals surface area contributed by atoms with Crippen molar-refractivity contribution in [2.24, 2.45) is 33.5 Å². The Bertz CT molecular complexity index is 421. The van der Waals surface area contributed by atoms with Crippen LogP contribution in [0.1, 0.15) is 82.1 Å². The first-order chi connectivity index (χ1) is 10.5. The summed E-state index contributed by atoms with van der Waals surface area (Å²) in [6.45, 7) is 19.1. The van der Waals surface area contributed by atoms with Gasteiger partial charge in [0, 0.05) is 0 Å². The fourth-order valence-electron chi connectivity index (χ4n) is 4.65. The van der Waals surface area contributed by atoms with E-state index in [4.69, 9.17) is 0 Å². The van der Waals surface area contributed by atoms with Gasteiger partial charge in [0.05, 0.1) is 10.8 Å². The van der Waals surface area contributed by atoms with Crippen LogP contribution in [0.2, 0.25) is 0 Å². The lowest BCUT2D eigenvalue weighted by atomic mass is 9.41. The van der Waals surface area contributed by atoms with E-state index in [9.17, 15) is 19.8 Å². The Kier molecular flexibility index (Phi) is 6.74. The van der Waals surface area contributed by atoms with Gasteiger partial charge < -0.3 is 10.2 Å². The van der Waals surface area contributed by atoms with Crippen molar-refractivity contribution in [3.8, 4) is 0 Å². The minimum absolute atomic E-state index is 0.0774. The molecule has 4 nitrogen and oxygen atoms in total. The van der Waals surface area contributed by atoms with Crippen molar-refractivity contribution < 1.29 is 19.8 Å². The van der Waals surface area contributed by atoms with E-state index in [1.807, 2.05) is 69.2 Å². The molecule has 0 fully saturated rings. The van der Waals surface area contributed by atoms with Crippen molar-refractivity contribution in [3.05, 3.63) is 0 Å². The van der Waals surface area contributed by atoms with Gasteiger partial charge in [0.25, 0.3) is 0 Å². The molecule has 0 spiro atoms. The number of aliphatic carboxylic acids is 2. The molecular weight excluding hydrogens is 304 g/mol. The van der Waals surface area contributed by atoms with E-state index < -0.39 is 33.6 Å². The van der Waals surface area contributed by atoms with Crippen molar-refractivity contribution >= 4 is 11.9 Å². The second-order valence-corrected chi connectivity index (χ2v) is 10.1. The zero-order valence-electron chi connectivity index (χ0n) is 17.3. The van der Waals surface area contributed by atoms with Crippen molar-refractivity contribution in [2.45, 2.75) is 82.1 Å². The predicted molar refractivity (Wildman–Crippen MR) is 98.0 cm³/mol. The van der Waals surface area contributed by atoms with Crippen LogP contribution in [-0.4, -0.2) is 22.2 Å². The molecule has 0 aromatic carbocycles. The zero-order chi connectivity index (χ0) is 19.7. The van der Waals surface area contributed by atoms with Gasteiger partial charge in [-0.3, -0.25) is 9.59 Å². The van der Waals surface area contributed by atoms with Crippen molar-refractivity contribution in [1.29, 1.82) is 0 Å². The highest BCUT2D eigenvalue weighted by molar-refractivity contribution is 5.88. The van der Waals surface area contributed by atoms with Gasteiger partial charge in [0.1, 0.15) is 0 Å². The van der Waals surface area contributed by atoms with Crippen molar-refractivity contribution in [2.75, 3.05) is 0 Å². The number of carboxylic acid groups (broad SMARTS) is 2. The quantitative estimate of drug-likeness (QED) is 0.657. The number of carbonyl (C=O) groups is 2. The third kappa shape index (κ3) is 3.62. The first-order valence-corrected chi connectivity index (χ1v) is 8.94. The Morgan fingerprint density at radius 2 is 0.875 bits per heavy atom. The molecule has 142 valence electrons. The Balaban J connectivity index is 7.15. The smallest absolute Gasteiger partial charge is 0.311 e. The van der Waals surface area contributed by atoms with Crippen molar-refractivity contribution in [1.82, 2.24) is 0 Å². The van der Waals surface area contributed by atoms with E-state index >= 15 is 0 Å². The Hall–Kier alpha value is -1.06. The average molecular weight is 343 g/mol. The van der Waals surface area contributed by atoms with Gasteiger partial charge in [-0.15, -0.1) is 0 Å². The van der Waals surface area contributed by atoms with Gasteiger partial charge >= 0.3 is 11.9 Å². The van der Waals surface area contributed by atoms with E-state index in [2.05, 4.69) is 0 Å². The van der Waals surface area contributed by atoms with Crippen LogP contribution in [0.3, 0.4) is 0 Å². The lowest BCUT2D eigenvalue weighted by Crippen LogP contribution is -2.65. The molecular formula is C20H38O4. The topological polar surface area (TPSA) is 74.6 Å². The van der Waals surface area contributed by atoms with Gasteiger partial charge in [-0.1, -0.05) is 69.2 Å². The predicted octanol–water partition coefficient (Wildman–Crippen LogP) is 5.31. The van der Waals surface area contributed by atoms with E-state index in [1.165, 1.54) is 0 Å². The number of hydrogen-bond donors (Lipinski definition) is 2. The molecule has 0 bridgehead atoms. The molecule has 0 rings (SSSR count). The third-order valence-electron chi connectivity index (χ3n) is 5.45. The van der Waals surface area contributed by atoms with Crippen LogP contribution in [0.4, 0.5) is 0 Å². The van der Waals surface area contributed by atoms with E-state index in [0.717, 1.165) is 0 Å². The van der Waals surface area contributed by atoms with E-state index in [-0.39, 0.29) is 11.8 Å². The van der Waals surface area contributed by atoms with Crippen LogP contribution in [-0.2, 0) is 9.59 Å². The second kappa shape index (κ2) is 7.05. The molecule has 2 atom stereocenters. The van der Waals surface area contributed by atoms with Gasteiger partial charge in [-0.2, -0.15) is 0 Å². The summed E-state index contributed by atoms with van der Waals surface area (Å²) in [7, 11) is 0. The summed E-state index contributed by atoms with van der Waals surface area (Å²) >= 11 is 0. The Morgan fingerprint density at radius 1 is 0.667 bits per heavy atom. The molecule has 0 aliphatic heterocycles. The van der Waals surface area contributed by atoms with Crippen LogP contribution in [0.5, 0.6) is 0 Å². The average Bonchev–Trinajstić information content (AvgIpc) is 2.28. The van der Waals surface area contributed by atoms with E-state index in [0.29, 0.717) is 12.8 Å². The maximum absolute atomic E-state index is 12.7. The largest absolute Gasteiger partial charge is 0.481 e. The maximum Gasteiger partial charge on any atom is 0.311 e. The van der Waals surface area contributed by atoms with Crippen LogP contribution in [0.25, 0.3) is 0 Å². The molecule has 0 heterocycles. The first-order valence-electron chi connectivity index (χ1n) is 8.94. The molecule has 2 unspecified atom stereocenters. The van der Waals surface area contributed by atoms with Gasteiger partial charge in [0.2, 0.25) is 0 Å². The van der Waals surface area contributed by atoms with Crippen molar-refractivity contribution in [3.63, 3.8) is 0 Å². The fraction of sp³-hybridized carbons (Fsp3) is 0.900. The number of carboxylic acids is 2. The first kappa shape index (κ1) is 22.9. The summed E-state index contributed by atoms with van der Waals surface area (Å²) in [6.07, 6.45) is 0.671. The lowest BCUT2D eigenvalue weighted by Gasteiger charge is -2.59. The molecule has 0 aromatic rings. The van der Waals surface area contributed by atoms with Gasteiger partial charge in [-0.05, 0) is 35.5 Å². The summed E-state index contributed by atoms with van der Waals surface area (Å²) in [5.41, 5.74) is -4.15. The molecule has 0 radical (unpaired) electrons. The summed E-state index contributed by atoms with van der Waals surface area (Å²) in [4.78, 5) is 25.4. The molecule has 2 N–H and O–H groups in total. The second-order valence-electron chi connectivity index (χ2n) is 10.1. The monoisotopic (exact) mass is 342 g/mol. The standard InChI is InChI=1S/C20H38O4/c1-13(2)11-19(15(21)22,17(5,6)7)20(16(23)24,12-14(3)4)18(8,9)10/h13-14H,11-12H2,1-10H3,(H,21,22)(H,23,24). The summed E-state index contributed by atoms with van der Waals surface area (Å²) in [6, 6.07) is 0. The molecule has 0 amide bonds. The highest BCUT2D eigenvalue weighted by Gasteiger charge is 2.70. The van der Waals surface area contributed by atoms with Crippen LogP contribution < -0.4 is 0 Å². The fourth-order valence-corrected chi connectivity index (χ4v) is 4.65. The third-order valence-corrected chi connectivity index (χ3v) is 5.45. The summed E-state index contributed by atoms with van der Waals surface area (Å²) < 4.78 is 0. The number of hydrogen-bond acceptors (Lipinski definition) is 2. The lowest BCUT2D eigenvalue weighted by molar-refractivity contribution is -0.210. The normalized spacial score (nSPS) is 18.3. The van der Waals surface area contributed by atoms with Crippen LogP contribution in [0.15, 0.2) is 0 Å². The molecule has 0 aliphatic carbocycles. The van der Waals surface area contributed by atoms with Gasteiger partial charge in [-0.25, -0.2) is 0 Å². The SMILES string of the molecule is CC(C)CC(C(=O)O)(C(C)(C)C)C(CC(C)C)(C(=O)O)C(C)(C)C. The number of rotatable bonds is 7. The van der Waals surface area contributed by atoms with Crippen LogP contribution in [0, 0.1) is 33.5 Å². The summed E-state index contributed by atoms with van der Waals surface area (Å²) in [5, 5.41) is 20.8. The minimum Gasteiger partial charge on any atom is -0.481 e. The van der Waals surface area contributed by atoms with Gasteiger partial charge in [0.15, 0.2) is 0 Å². The molecule has 4 heteroatoms. The molecule has 0 saturated heterocycles. The maximum atomic E-state index is 12.7. The molecule has 0 aromatic heterocycles. The molecule has 0 saturated carbocycles. The zero-order valence-corrected chi connectivity index (χ0v) is 17.3. The Morgan fingerprint density at radius 3 is 0.958 bits per heavy atom. The Labute approximate surface area is 148 Å². The van der Waals surface area contributed by atoms with Crippen LogP contribution >= 0.6 is 0 Å². The molecule has 0 aliphatic rings. The van der Waals surface area contributed by atoms with E-state index in [1.54, 1.807) is 0 Å². The highest BCUT2D eigenvalue weighted by atomic mass is 16.4. The highest BCUT2D eigenvalue weighted by Crippen LogP contribution is 2.65.